The summed E-state index contributed by atoms with van der Waals surface area (Å²) in [5, 5.41) is 16.6. The molecule has 1 heterocycles. The lowest BCUT2D eigenvalue weighted by atomic mass is 10.1. The minimum atomic E-state index is -3.80. The first kappa shape index (κ1) is 18.8. The van der Waals surface area contributed by atoms with Gasteiger partial charge in [-0.2, -0.15) is 0 Å². The Kier molecular flexibility index (Phi) is 4.62. The predicted octanol–water partition coefficient (Wildman–Crippen LogP) is 1.29. The van der Waals surface area contributed by atoms with Crippen molar-refractivity contribution in [3.8, 4) is 0 Å². The highest BCUT2D eigenvalue weighted by Crippen LogP contribution is 2.36. The van der Waals surface area contributed by atoms with Crippen LogP contribution in [0.25, 0.3) is 0 Å². The summed E-state index contributed by atoms with van der Waals surface area (Å²) in [6.45, 7) is 2.18. The molecule has 0 radical (unpaired) electrons. The average molecular weight is 390 g/mol. The number of amides is 1. The average Bonchev–Trinajstić information content (AvgIpc) is 2.89. The first-order valence-electron chi connectivity index (χ1n) is 8.07. The minimum Gasteiger partial charge on any atom is -0.366 e. The second kappa shape index (κ2) is 6.63. The number of hydrogen-bond donors (Lipinski definition) is 2. The number of carbonyl (C=O) groups excluding carboxylic acids is 1. The fourth-order valence-corrected chi connectivity index (χ4v) is 3.86. The molecule has 0 bridgehead atoms. The Labute approximate surface area is 155 Å². The number of nitro benzene ring substituents is 1. The summed E-state index contributed by atoms with van der Waals surface area (Å²) in [4.78, 5) is 24.1. The van der Waals surface area contributed by atoms with Crippen molar-refractivity contribution in [1.29, 1.82) is 0 Å². The smallest absolute Gasteiger partial charge is 0.275 e. The van der Waals surface area contributed by atoms with Crippen LogP contribution in [0.1, 0.15) is 28.4 Å². The highest BCUT2D eigenvalue weighted by atomic mass is 32.2. The zero-order valence-electron chi connectivity index (χ0n) is 14.5. The van der Waals surface area contributed by atoms with Gasteiger partial charge in [0.05, 0.1) is 16.4 Å². The number of primary sulfonamides is 1. The van der Waals surface area contributed by atoms with E-state index in [9.17, 15) is 23.3 Å². The molecule has 0 fully saturated rings. The van der Waals surface area contributed by atoms with E-state index in [1.54, 1.807) is 6.07 Å². The molecule has 1 amide bonds. The van der Waals surface area contributed by atoms with Gasteiger partial charge in [0, 0.05) is 28.9 Å². The van der Waals surface area contributed by atoms with Crippen molar-refractivity contribution < 1.29 is 18.1 Å². The number of benzene rings is 2. The van der Waals surface area contributed by atoms with Gasteiger partial charge in [-0.15, -0.1) is 0 Å². The molecule has 9 nitrogen and oxygen atoms in total. The zero-order chi connectivity index (χ0) is 19.9. The number of rotatable bonds is 5. The summed E-state index contributed by atoms with van der Waals surface area (Å²) in [6, 6.07) is 8.75. The molecule has 142 valence electrons. The zero-order valence-corrected chi connectivity index (χ0v) is 15.3. The highest BCUT2D eigenvalue weighted by molar-refractivity contribution is 7.89. The number of hydrogen-bond acceptors (Lipinski definition) is 6. The monoisotopic (exact) mass is 390 g/mol. The van der Waals surface area contributed by atoms with Crippen LogP contribution in [0.4, 0.5) is 11.4 Å². The maximum Gasteiger partial charge on any atom is 0.275 e. The van der Waals surface area contributed by atoms with E-state index < -0.39 is 20.9 Å². The normalized spacial score (nSPS) is 16.2. The summed E-state index contributed by atoms with van der Waals surface area (Å²) in [7, 11) is -3.80. The van der Waals surface area contributed by atoms with E-state index in [1.807, 2.05) is 11.8 Å². The SMILES string of the molecule is C[C@@H]1Cc2cc(S(N)(=O)=O)ccc2N1Cc1ccc(C(N)=O)cc1[N+](=O)[O-]. The number of fused-ring (bicyclic) bond motifs is 1. The molecule has 0 saturated heterocycles. The van der Waals surface area contributed by atoms with Crippen molar-refractivity contribution in [3.63, 3.8) is 0 Å². The van der Waals surface area contributed by atoms with Gasteiger partial charge in [0.1, 0.15) is 0 Å². The fraction of sp³-hybridized carbons (Fsp3) is 0.235. The van der Waals surface area contributed by atoms with Crippen LogP contribution in [0, 0.1) is 10.1 Å². The van der Waals surface area contributed by atoms with E-state index in [2.05, 4.69) is 0 Å². The molecule has 27 heavy (non-hydrogen) atoms. The molecule has 2 aromatic carbocycles. The van der Waals surface area contributed by atoms with E-state index in [4.69, 9.17) is 10.9 Å². The summed E-state index contributed by atoms with van der Waals surface area (Å²) in [5.74, 6) is -0.736. The van der Waals surface area contributed by atoms with E-state index in [0.29, 0.717) is 12.0 Å². The quantitative estimate of drug-likeness (QED) is 0.580. The van der Waals surface area contributed by atoms with Gasteiger partial charge in [-0.1, -0.05) is 0 Å². The van der Waals surface area contributed by atoms with Crippen LogP contribution in [0.15, 0.2) is 41.3 Å². The van der Waals surface area contributed by atoms with E-state index in [0.717, 1.165) is 11.3 Å². The second-order valence-electron chi connectivity index (χ2n) is 6.48. The maximum absolute atomic E-state index is 11.5. The Morgan fingerprint density at radius 2 is 2.00 bits per heavy atom. The standard InChI is InChI=1S/C17H18N4O5S/c1-10-6-13-7-14(27(19,25)26)4-5-15(13)20(10)9-12-3-2-11(17(18)22)8-16(12)21(23)24/h2-5,7-8,10H,6,9H2,1H3,(H2,18,22)(H2,19,25,26)/t10-/m1/s1. The first-order valence-corrected chi connectivity index (χ1v) is 9.62. The van der Waals surface area contributed by atoms with Gasteiger partial charge in [0.15, 0.2) is 0 Å². The molecule has 1 aliphatic rings. The molecule has 0 saturated carbocycles. The molecule has 1 aliphatic heterocycles. The largest absolute Gasteiger partial charge is 0.366 e. The summed E-state index contributed by atoms with van der Waals surface area (Å²) >= 11 is 0. The molecule has 3 rings (SSSR count). The van der Waals surface area contributed by atoms with Crippen LogP contribution < -0.4 is 15.8 Å². The minimum absolute atomic E-state index is 0.00569. The Morgan fingerprint density at radius 3 is 2.59 bits per heavy atom. The Morgan fingerprint density at radius 1 is 1.30 bits per heavy atom. The molecule has 2 aromatic rings. The lowest BCUT2D eigenvalue weighted by molar-refractivity contribution is -0.385. The summed E-state index contributed by atoms with van der Waals surface area (Å²) < 4.78 is 23.1. The van der Waals surface area contributed by atoms with Gasteiger partial charge >= 0.3 is 0 Å². The third-order valence-corrected chi connectivity index (χ3v) is 5.55. The third kappa shape index (κ3) is 3.62. The van der Waals surface area contributed by atoms with Gasteiger partial charge in [-0.3, -0.25) is 14.9 Å². The van der Waals surface area contributed by atoms with E-state index in [1.165, 1.54) is 30.3 Å². The molecular formula is C17H18N4O5S. The number of nitrogens with two attached hydrogens (primary N) is 2. The molecular weight excluding hydrogens is 372 g/mol. The van der Waals surface area contributed by atoms with E-state index >= 15 is 0 Å². The van der Waals surface area contributed by atoms with Crippen molar-refractivity contribution in [2.75, 3.05) is 4.90 Å². The van der Waals surface area contributed by atoms with Gasteiger partial charge < -0.3 is 10.6 Å². The van der Waals surface area contributed by atoms with Crippen molar-refractivity contribution in [1.82, 2.24) is 0 Å². The van der Waals surface area contributed by atoms with E-state index in [-0.39, 0.29) is 28.7 Å². The summed E-state index contributed by atoms with van der Waals surface area (Å²) in [6.07, 6.45) is 0.589. The lowest BCUT2D eigenvalue weighted by Crippen LogP contribution is -2.29. The fourth-order valence-electron chi connectivity index (χ4n) is 3.29. The number of anilines is 1. The summed E-state index contributed by atoms with van der Waals surface area (Å²) in [5.41, 5.74) is 7.12. The van der Waals surface area contributed by atoms with Crippen LogP contribution in [0.5, 0.6) is 0 Å². The van der Waals surface area contributed by atoms with Crippen molar-refractivity contribution in [3.05, 3.63) is 63.2 Å². The molecule has 1 atom stereocenters. The van der Waals surface area contributed by atoms with Gasteiger partial charge in [-0.25, -0.2) is 13.6 Å². The molecule has 0 aromatic heterocycles. The van der Waals surface area contributed by atoms with Crippen LogP contribution >= 0.6 is 0 Å². The maximum atomic E-state index is 11.5. The molecule has 10 heteroatoms. The second-order valence-corrected chi connectivity index (χ2v) is 8.04. The number of carbonyl (C=O) groups is 1. The third-order valence-electron chi connectivity index (χ3n) is 4.64. The Hall–Kier alpha value is -2.98. The van der Waals surface area contributed by atoms with Crippen molar-refractivity contribution >= 4 is 27.3 Å². The number of nitro groups is 1. The predicted molar refractivity (Wildman–Crippen MR) is 98.8 cm³/mol. The lowest BCUT2D eigenvalue weighted by Gasteiger charge is -2.25. The molecule has 0 aliphatic carbocycles. The van der Waals surface area contributed by atoms with Crippen LogP contribution in [-0.4, -0.2) is 25.3 Å². The van der Waals surface area contributed by atoms with Crippen LogP contribution in [-0.2, 0) is 23.0 Å². The highest BCUT2D eigenvalue weighted by Gasteiger charge is 2.29. The van der Waals surface area contributed by atoms with Crippen molar-refractivity contribution in [2.24, 2.45) is 10.9 Å². The van der Waals surface area contributed by atoms with Crippen molar-refractivity contribution in [2.45, 2.75) is 30.8 Å². The van der Waals surface area contributed by atoms with Gasteiger partial charge in [0.25, 0.3) is 5.69 Å². The van der Waals surface area contributed by atoms with Crippen LogP contribution in [0.2, 0.25) is 0 Å². The Bertz CT molecular complexity index is 1050. The molecule has 0 unspecified atom stereocenters. The first-order chi connectivity index (χ1) is 12.6. The molecule has 4 N–H and O–H groups in total. The number of sulfonamides is 1. The number of nitrogens with zero attached hydrogens (tertiary/aromatic N) is 2. The number of primary amides is 1. The van der Waals surface area contributed by atoms with Crippen LogP contribution in [0.3, 0.4) is 0 Å². The van der Waals surface area contributed by atoms with Gasteiger partial charge in [-0.05, 0) is 49.2 Å². The molecule has 0 spiro atoms. The van der Waals surface area contributed by atoms with Gasteiger partial charge in [0.2, 0.25) is 15.9 Å². The topological polar surface area (TPSA) is 150 Å². The Balaban J connectivity index is 1.98.